The Morgan fingerprint density at radius 1 is 0.377 bits per heavy atom. The number of hydrogen-bond acceptors (Lipinski definition) is 3. The monoisotopic (exact) mass is 779 g/mol. The zero-order valence-electron chi connectivity index (χ0n) is 33.1. The minimum absolute atomic E-state index is 0.788. The molecule has 0 saturated carbocycles. The first-order valence-electron chi connectivity index (χ1n) is 20.7. The predicted molar refractivity (Wildman–Crippen MR) is 254 cm³/mol. The Morgan fingerprint density at radius 2 is 0.934 bits per heavy atom. The Morgan fingerprint density at radius 3 is 1.67 bits per heavy atom. The van der Waals surface area contributed by atoms with Crippen molar-refractivity contribution >= 4 is 71.6 Å². The highest BCUT2D eigenvalue weighted by Crippen LogP contribution is 2.42. The second-order valence-electron chi connectivity index (χ2n) is 15.6. The van der Waals surface area contributed by atoms with Crippen molar-refractivity contribution in [1.82, 2.24) is 9.55 Å². The van der Waals surface area contributed by atoms with Crippen LogP contribution in [0, 0.1) is 0 Å². The summed E-state index contributed by atoms with van der Waals surface area (Å²) in [5, 5.41) is 7.15. The van der Waals surface area contributed by atoms with Gasteiger partial charge in [0.05, 0.1) is 22.9 Å². The Kier molecular flexibility index (Phi) is 8.13. The maximum atomic E-state index is 6.18. The lowest BCUT2D eigenvalue weighted by atomic mass is 10.0. The van der Waals surface area contributed by atoms with Gasteiger partial charge in [-0.2, -0.15) is 0 Å². The Balaban J connectivity index is 0.964. The molecule has 0 amide bonds. The van der Waals surface area contributed by atoms with E-state index in [-0.39, 0.29) is 0 Å². The molecular weight excluding hydrogens is 743 g/mol. The molecule has 4 nitrogen and oxygen atoms in total. The molecule has 9 aromatic carbocycles. The quantitative estimate of drug-likeness (QED) is 0.162. The Hall–Kier alpha value is -8.21. The summed E-state index contributed by atoms with van der Waals surface area (Å²) in [6.45, 7) is 0. The van der Waals surface area contributed by atoms with Crippen molar-refractivity contribution in [3.63, 3.8) is 0 Å². The molecule has 4 heteroatoms. The SMILES string of the molecule is c1ccc(-c2ccc(N(c3ccc(-c4ccccc4-n4c5ccccc5c5cc6ccccc6cc54)cc3)c3ccc(-c4cncc5oc6ccccc6c45)cc3)cc2)cc1. The van der Waals surface area contributed by atoms with Crippen LogP contribution in [0.4, 0.5) is 17.1 Å². The molecule has 0 radical (unpaired) electrons. The average Bonchev–Trinajstić information content (AvgIpc) is 3.87. The van der Waals surface area contributed by atoms with Crippen molar-refractivity contribution in [1.29, 1.82) is 0 Å². The summed E-state index contributed by atoms with van der Waals surface area (Å²) in [4.78, 5) is 6.89. The van der Waals surface area contributed by atoms with Crippen molar-refractivity contribution in [3.8, 4) is 39.1 Å². The molecule has 3 heterocycles. The van der Waals surface area contributed by atoms with E-state index in [1.807, 2.05) is 18.3 Å². The third-order valence-corrected chi connectivity index (χ3v) is 12.1. The van der Waals surface area contributed by atoms with Gasteiger partial charge < -0.3 is 13.9 Å². The van der Waals surface area contributed by atoms with Gasteiger partial charge in [-0.15, -0.1) is 0 Å². The van der Waals surface area contributed by atoms with Crippen LogP contribution in [0.5, 0.6) is 0 Å². The fourth-order valence-corrected chi connectivity index (χ4v) is 9.18. The summed E-state index contributed by atoms with van der Waals surface area (Å²) < 4.78 is 8.62. The van der Waals surface area contributed by atoms with Gasteiger partial charge in [-0.3, -0.25) is 4.98 Å². The maximum absolute atomic E-state index is 6.18. The summed E-state index contributed by atoms with van der Waals surface area (Å²) >= 11 is 0. The molecule has 12 rings (SSSR count). The zero-order valence-corrected chi connectivity index (χ0v) is 33.1. The predicted octanol–water partition coefficient (Wildman–Crippen LogP) is 15.7. The normalized spacial score (nSPS) is 11.6. The molecule has 0 atom stereocenters. The molecule has 12 aromatic rings. The zero-order chi connectivity index (χ0) is 40.3. The van der Waals surface area contributed by atoms with Crippen LogP contribution in [-0.4, -0.2) is 9.55 Å². The first kappa shape index (κ1) is 34.8. The van der Waals surface area contributed by atoms with Crippen molar-refractivity contribution < 1.29 is 4.42 Å². The van der Waals surface area contributed by atoms with E-state index < -0.39 is 0 Å². The topological polar surface area (TPSA) is 34.2 Å². The molecule has 0 saturated heterocycles. The molecule has 0 unspecified atom stereocenters. The van der Waals surface area contributed by atoms with Crippen LogP contribution in [0.3, 0.4) is 0 Å². The second-order valence-corrected chi connectivity index (χ2v) is 15.6. The highest BCUT2D eigenvalue weighted by molar-refractivity contribution is 6.14. The molecule has 0 fully saturated rings. The standard InChI is InChI=1S/C57H37N3O/c1-2-12-38(13-3-1)39-22-28-44(29-23-39)59(46-32-26-41(27-33-46)51-36-58-37-56-57(51)49-18-8-11-21-55(49)61-56)45-30-24-40(25-31-45)47-16-6-9-19-52(47)60-53-20-10-7-17-48(53)50-34-42-14-4-5-15-43(42)35-54(50)60/h1-37H. The van der Waals surface area contributed by atoms with Gasteiger partial charge in [0.25, 0.3) is 0 Å². The summed E-state index contributed by atoms with van der Waals surface area (Å²) in [5.74, 6) is 0. The third-order valence-electron chi connectivity index (χ3n) is 12.1. The van der Waals surface area contributed by atoms with E-state index >= 15 is 0 Å². The van der Waals surface area contributed by atoms with E-state index in [0.29, 0.717) is 0 Å². The van der Waals surface area contributed by atoms with Crippen molar-refractivity contribution in [2.45, 2.75) is 0 Å². The highest BCUT2D eigenvalue weighted by atomic mass is 16.3. The van der Waals surface area contributed by atoms with Gasteiger partial charge in [0.1, 0.15) is 5.58 Å². The first-order valence-corrected chi connectivity index (χ1v) is 20.7. The van der Waals surface area contributed by atoms with Crippen LogP contribution in [0.15, 0.2) is 229 Å². The lowest BCUT2D eigenvalue weighted by Gasteiger charge is -2.26. The molecule has 0 spiro atoms. The summed E-state index contributed by atoms with van der Waals surface area (Å²) in [7, 11) is 0. The minimum Gasteiger partial charge on any atom is -0.454 e. The molecule has 0 aliphatic rings. The van der Waals surface area contributed by atoms with Crippen LogP contribution < -0.4 is 4.90 Å². The highest BCUT2D eigenvalue weighted by Gasteiger charge is 2.19. The average molecular weight is 780 g/mol. The van der Waals surface area contributed by atoms with Gasteiger partial charge >= 0.3 is 0 Å². The summed E-state index contributed by atoms with van der Waals surface area (Å²) in [6, 6.07) is 76.2. The Labute approximate surface area is 352 Å². The summed E-state index contributed by atoms with van der Waals surface area (Å²) in [6.07, 6.45) is 3.75. The fraction of sp³-hybridized carbons (Fsp3) is 0. The smallest absolute Gasteiger partial charge is 0.154 e. The first-order chi connectivity index (χ1) is 30.2. The minimum atomic E-state index is 0.788. The molecule has 61 heavy (non-hydrogen) atoms. The van der Waals surface area contributed by atoms with E-state index in [9.17, 15) is 0 Å². The number of aromatic nitrogens is 2. The lowest BCUT2D eigenvalue weighted by molar-refractivity contribution is 0.667. The van der Waals surface area contributed by atoms with Crippen LogP contribution in [-0.2, 0) is 0 Å². The number of anilines is 3. The lowest BCUT2D eigenvalue weighted by Crippen LogP contribution is -2.09. The number of benzene rings is 9. The number of pyridine rings is 1. The van der Waals surface area contributed by atoms with Gasteiger partial charge in [0.2, 0.25) is 0 Å². The number of para-hydroxylation sites is 3. The third kappa shape index (κ3) is 5.88. The van der Waals surface area contributed by atoms with Crippen molar-refractivity contribution in [2.75, 3.05) is 4.90 Å². The second kappa shape index (κ2) is 14.3. The number of nitrogens with zero attached hydrogens (tertiary/aromatic N) is 3. The molecule has 286 valence electrons. The van der Waals surface area contributed by atoms with E-state index in [1.54, 1.807) is 6.20 Å². The van der Waals surface area contributed by atoms with E-state index in [1.165, 1.54) is 49.3 Å². The van der Waals surface area contributed by atoms with Crippen LogP contribution >= 0.6 is 0 Å². The molecule has 0 aliphatic carbocycles. The van der Waals surface area contributed by atoms with Crippen LogP contribution in [0.25, 0.3) is 93.6 Å². The van der Waals surface area contributed by atoms with Gasteiger partial charge in [0.15, 0.2) is 5.58 Å². The van der Waals surface area contributed by atoms with Gasteiger partial charge in [0, 0.05) is 55.9 Å². The fourth-order valence-electron chi connectivity index (χ4n) is 9.18. The number of hydrogen-bond donors (Lipinski definition) is 0. The van der Waals surface area contributed by atoms with E-state index in [0.717, 1.165) is 61.4 Å². The largest absolute Gasteiger partial charge is 0.454 e. The van der Waals surface area contributed by atoms with Crippen LogP contribution in [0.2, 0.25) is 0 Å². The van der Waals surface area contributed by atoms with E-state index in [2.05, 4.69) is 215 Å². The molecule has 0 N–H and O–H groups in total. The molecule has 0 bridgehead atoms. The number of rotatable bonds is 7. The molecule has 0 aliphatic heterocycles. The number of furan rings is 1. The summed E-state index contributed by atoms with van der Waals surface area (Å²) in [5.41, 5.74) is 15.2. The van der Waals surface area contributed by atoms with Gasteiger partial charge in [-0.25, -0.2) is 0 Å². The van der Waals surface area contributed by atoms with Crippen LogP contribution in [0.1, 0.15) is 0 Å². The van der Waals surface area contributed by atoms with Crippen molar-refractivity contribution in [2.24, 2.45) is 0 Å². The number of fused-ring (bicyclic) bond motifs is 7. The van der Waals surface area contributed by atoms with Crippen molar-refractivity contribution in [3.05, 3.63) is 225 Å². The van der Waals surface area contributed by atoms with Gasteiger partial charge in [-0.1, -0.05) is 146 Å². The Bertz CT molecular complexity index is 3570. The molecule has 3 aromatic heterocycles. The van der Waals surface area contributed by atoms with E-state index in [4.69, 9.17) is 4.42 Å². The van der Waals surface area contributed by atoms with Gasteiger partial charge in [-0.05, 0) is 99.8 Å². The molecular formula is C57H37N3O. The maximum Gasteiger partial charge on any atom is 0.154 e.